The van der Waals surface area contributed by atoms with Crippen molar-refractivity contribution in [3.8, 4) is 0 Å². The average molecular weight is 268 g/mol. The standard InChI is InChI=1S/C12H20N4O3/c1-3-4-10-11(16(17)18)12(15(2)14-10)13-9-5-7-19-8-6-9/h9,13H,3-8H2,1-2H3. The van der Waals surface area contributed by atoms with E-state index in [1.165, 1.54) is 0 Å². The van der Waals surface area contributed by atoms with Crippen molar-refractivity contribution >= 4 is 11.5 Å². The molecule has 7 heteroatoms. The van der Waals surface area contributed by atoms with Gasteiger partial charge in [0.25, 0.3) is 0 Å². The molecule has 1 aliphatic heterocycles. The van der Waals surface area contributed by atoms with Crippen molar-refractivity contribution in [3.05, 3.63) is 15.8 Å². The van der Waals surface area contributed by atoms with Gasteiger partial charge in [0.15, 0.2) is 0 Å². The van der Waals surface area contributed by atoms with Crippen molar-refractivity contribution < 1.29 is 9.66 Å². The average Bonchev–Trinajstić information content (AvgIpc) is 2.68. The second-order valence-corrected chi connectivity index (χ2v) is 4.81. The number of ether oxygens (including phenoxy) is 1. The SMILES string of the molecule is CCCc1nn(C)c(NC2CCOCC2)c1[N+](=O)[O-]. The lowest BCUT2D eigenvalue weighted by atomic mass is 10.1. The fourth-order valence-corrected chi connectivity index (χ4v) is 2.36. The molecule has 0 unspecified atom stereocenters. The lowest BCUT2D eigenvalue weighted by Crippen LogP contribution is -2.29. The van der Waals surface area contributed by atoms with E-state index in [9.17, 15) is 10.1 Å². The van der Waals surface area contributed by atoms with Gasteiger partial charge < -0.3 is 10.1 Å². The summed E-state index contributed by atoms with van der Waals surface area (Å²) in [6.45, 7) is 3.39. The molecule has 0 aliphatic carbocycles. The van der Waals surface area contributed by atoms with Gasteiger partial charge in [0.2, 0.25) is 5.82 Å². The second-order valence-electron chi connectivity index (χ2n) is 4.81. The van der Waals surface area contributed by atoms with Crippen molar-refractivity contribution in [2.24, 2.45) is 7.05 Å². The Balaban J connectivity index is 2.24. The molecule has 2 rings (SSSR count). The Bertz CT molecular complexity index is 452. The maximum absolute atomic E-state index is 11.3. The number of aromatic nitrogens is 2. The summed E-state index contributed by atoms with van der Waals surface area (Å²) in [5.41, 5.74) is 0.681. The lowest BCUT2D eigenvalue weighted by Gasteiger charge is -2.23. The third-order valence-corrected chi connectivity index (χ3v) is 3.32. The monoisotopic (exact) mass is 268 g/mol. The first-order valence-electron chi connectivity index (χ1n) is 6.68. The minimum absolute atomic E-state index is 0.121. The molecule has 1 fully saturated rings. The van der Waals surface area contributed by atoms with Crippen LogP contribution in [0.15, 0.2) is 0 Å². The smallest absolute Gasteiger partial charge is 0.333 e. The molecule has 106 valence electrons. The van der Waals surface area contributed by atoms with Crippen molar-refractivity contribution in [2.75, 3.05) is 18.5 Å². The van der Waals surface area contributed by atoms with E-state index in [0.717, 1.165) is 19.3 Å². The van der Waals surface area contributed by atoms with E-state index in [1.54, 1.807) is 11.7 Å². The molecule has 0 bridgehead atoms. The summed E-state index contributed by atoms with van der Waals surface area (Å²) in [6.07, 6.45) is 3.20. The summed E-state index contributed by atoms with van der Waals surface area (Å²) in [5.74, 6) is 0.514. The molecule has 19 heavy (non-hydrogen) atoms. The van der Waals surface area contributed by atoms with Gasteiger partial charge in [-0.15, -0.1) is 0 Å². The Morgan fingerprint density at radius 2 is 2.21 bits per heavy atom. The fourth-order valence-electron chi connectivity index (χ4n) is 2.36. The van der Waals surface area contributed by atoms with Crippen LogP contribution in [0.25, 0.3) is 0 Å². The Morgan fingerprint density at radius 3 is 2.79 bits per heavy atom. The number of nitro groups is 1. The summed E-state index contributed by atoms with van der Waals surface area (Å²) in [6, 6.07) is 0.220. The van der Waals surface area contributed by atoms with Crippen molar-refractivity contribution in [1.29, 1.82) is 0 Å². The Labute approximate surface area is 112 Å². The first kappa shape index (κ1) is 13.8. The Hall–Kier alpha value is -1.63. The van der Waals surface area contributed by atoms with Crippen molar-refractivity contribution in [1.82, 2.24) is 9.78 Å². The van der Waals surface area contributed by atoms with E-state index in [0.29, 0.717) is 31.1 Å². The summed E-state index contributed by atoms with van der Waals surface area (Å²) in [7, 11) is 1.74. The van der Waals surface area contributed by atoms with Gasteiger partial charge in [0.1, 0.15) is 5.69 Å². The van der Waals surface area contributed by atoms with Crippen LogP contribution in [0.4, 0.5) is 11.5 Å². The third kappa shape index (κ3) is 3.04. The van der Waals surface area contributed by atoms with E-state index in [4.69, 9.17) is 4.74 Å². The van der Waals surface area contributed by atoms with Crippen molar-refractivity contribution in [3.63, 3.8) is 0 Å². The van der Waals surface area contributed by atoms with Crippen LogP contribution in [-0.4, -0.2) is 34.0 Å². The molecule has 0 radical (unpaired) electrons. The van der Waals surface area contributed by atoms with E-state index < -0.39 is 0 Å². The van der Waals surface area contributed by atoms with Crippen LogP contribution in [-0.2, 0) is 18.2 Å². The summed E-state index contributed by atoms with van der Waals surface area (Å²) >= 11 is 0. The molecule has 0 saturated carbocycles. The number of hydrogen-bond acceptors (Lipinski definition) is 5. The predicted octanol–water partition coefficient (Wildman–Crippen LogP) is 1.87. The van der Waals surface area contributed by atoms with Crippen LogP contribution >= 0.6 is 0 Å². The lowest BCUT2D eigenvalue weighted by molar-refractivity contribution is -0.384. The van der Waals surface area contributed by atoms with E-state index in [1.807, 2.05) is 6.92 Å². The maximum atomic E-state index is 11.3. The molecular formula is C12H20N4O3. The van der Waals surface area contributed by atoms with Gasteiger partial charge in [0.05, 0.1) is 4.92 Å². The quantitative estimate of drug-likeness (QED) is 0.651. The summed E-state index contributed by atoms with van der Waals surface area (Å²) in [4.78, 5) is 10.9. The zero-order chi connectivity index (χ0) is 13.8. The number of nitrogens with zero attached hydrogens (tertiary/aromatic N) is 3. The molecule has 0 atom stereocenters. The summed E-state index contributed by atoms with van der Waals surface area (Å²) in [5, 5.41) is 18.8. The molecule has 2 heterocycles. The van der Waals surface area contributed by atoms with Crippen LogP contribution in [0.5, 0.6) is 0 Å². The largest absolute Gasteiger partial charge is 0.381 e. The van der Waals surface area contributed by atoms with Crippen LogP contribution in [0.1, 0.15) is 31.9 Å². The Morgan fingerprint density at radius 1 is 1.53 bits per heavy atom. The minimum Gasteiger partial charge on any atom is -0.381 e. The molecule has 1 aromatic heterocycles. The summed E-state index contributed by atoms with van der Waals surface area (Å²) < 4.78 is 6.87. The van der Waals surface area contributed by atoms with E-state index >= 15 is 0 Å². The molecular weight excluding hydrogens is 248 g/mol. The van der Waals surface area contributed by atoms with Gasteiger partial charge in [-0.2, -0.15) is 5.10 Å². The van der Waals surface area contributed by atoms with Crippen molar-refractivity contribution in [2.45, 2.75) is 38.6 Å². The molecule has 0 aromatic carbocycles. The van der Waals surface area contributed by atoms with Gasteiger partial charge in [0, 0.05) is 26.3 Å². The number of nitrogens with one attached hydrogen (secondary N) is 1. The number of aryl methyl sites for hydroxylation is 2. The van der Waals surface area contributed by atoms with Gasteiger partial charge >= 0.3 is 5.69 Å². The van der Waals surface area contributed by atoms with Crippen LogP contribution in [0.3, 0.4) is 0 Å². The second kappa shape index (κ2) is 6.01. The molecule has 1 saturated heterocycles. The molecule has 1 N–H and O–H groups in total. The zero-order valence-electron chi connectivity index (χ0n) is 11.4. The molecule has 7 nitrogen and oxygen atoms in total. The fraction of sp³-hybridized carbons (Fsp3) is 0.750. The highest BCUT2D eigenvalue weighted by Gasteiger charge is 2.28. The van der Waals surface area contributed by atoms with Crippen LogP contribution in [0.2, 0.25) is 0 Å². The number of rotatable bonds is 5. The molecule has 1 aromatic rings. The van der Waals surface area contributed by atoms with Gasteiger partial charge in [-0.05, 0) is 19.3 Å². The zero-order valence-corrected chi connectivity index (χ0v) is 11.4. The first-order valence-corrected chi connectivity index (χ1v) is 6.68. The molecule has 0 amide bonds. The van der Waals surface area contributed by atoms with Crippen LogP contribution in [0, 0.1) is 10.1 Å². The first-order chi connectivity index (χ1) is 9.13. The predicted molar refractivity (Wildman–Crippen MR) is 71.3 cm³/mol. The van der Waals surface area contributed by atoms with E-state index in [2.05, 4.69) is 10.4 Å². The van der Waals surface area contributed by atoms with Gasteiger partial charge in [-0.25, -0.2) is 4.68 Å². The highest BCUT2D eigenvalue weighted by molar-refractivity contribution is 5.60. The highest BCUT2D eigenvalue weighted by atomic mass is 16.6. The topological polar surface area (TPSA) is 82.2 Å². The molecule has 1 aliphatic rings. The number of anilines is 1. The molecule has 0 spiro atoms. The van der Waals surface area contributed by atoms with Crippen LogP contribution < -0.4 is 5.32 Å². The normalized spacial score (nSPS) is 16.5. The Kier molecular flexibility index (Phi) is 4.36. The van der Waals surface area contributed by atoms with Gasteiger partial charge in [-0.1, -0.05) is 13.3 Å². The third-order valence-electron chi connectivity index (χ3n) is 3.32. The minimum atomic E-state index is -0.334. The maximum Gasteiger partial charge on any atom is 0.333 e. The van der Waals surface area contributed by atoms with Gasteiger partial charge in [-0.3, -0.25) is 10.1 Å². The van der Waals surface area contributed by atoms with E-state index in [-0.39, 0.29) is 16.7 Å². The highest BCUT2D eigenvalue weighted by Crippen LogP contribution is 2.30. The number of hydrogen-bond donors (Lipinski definition) is 1.